The third-order valence-corrected chi connectivity index (χ3v) is 6.14. The van der Waals surface area contributed by atoms with Crippen LogP contribution in [0.4, 0.5) is 26.3 Å². The number of aromatic nitrogens is 1. The third kappa shape index (κ3) is 12.3. The fraction of sp³-hybridized carbons (Fsp3) is 0.700. The highest BCUT2D eigenvalue weighted by atomic mass is 32.1. The van der Waals surface area contributed by atoms with E-state index in [1.165, 1.54) is 0 Å². The van der Waals surface area contributed by atoms with Crippen molar-refractivity contribution in [1.29, 1.82) is 0 Å². The third-order valence-electron chi connectivity index (χ3n) is 5.38. The molecule has 218 valence electrons. The van der Waals surface area contributed by atoms with Gasteiger partial charge >= 0.3 is 30.3 Å². The predicted octanol–water partition coefficient (Wildman–Crippen LogP) is 1.56. The molecule has 2 atom stereocenters. The van der Waals surface area contributed by atoms with Gasteiger partial charge in [0.05, 0.1) is 19.1 Å². The summed E-state index contributed by atoms with van der Waals surface area (Å²) in [5.74, 6) is -6.53. The Morgan fingerprint density at radius 1 is 0.974 bits per heavy atom. The monoisotopic (exact) mass is 582 g/mol. The molecule has 0 amide bonds. The summed E-state index contributed by atoms with van der Waals surface area (Å²) >= 11 is 1.69. The molecule has 2 aliphatic heterocycles. The summed E-state index contributed by atoms with van der Waals surface area (Å²) in [5.41, 5.74) is 0. The lowest BCUT2D eigenvalue weighted by molar-refractivity contribution is -0.193. The number of carboxylic acids is 3. The Bertz CT molecular complexity index is 864. The van der Waals surface area contributed by atoms with E-state index in [0.29, 0.717) is 25.7 Å². The minimum Gasteiger partial charge on any atom is -0.481 e. The number of hydrogen-bond acceptors (Lipinski definition) is 9. The van der Waals surface area contributed by atoms with E-state index in [1.54, 1.807) is 18.4 Å². The van der Waals surface area contributed by atoms with Gasteiger partial charge in [0.25, 0.3) is 0 Å². The molecule has 1 aromatic heterocycles. The zero-order valence-electron chi connectivity index (χ0n) is 20.1. The molecule has 3 rings (SSSR count). The summed E-state index contributed by atoms with van der Waals surface area (Å²) in [6.07, 6.45) is -8.31. The van der Waals surface area contributed by atoms with E-state index in [4.69, 9.17) is 24.5 Å². The van der Waals surface area contributed by atoms with Crippen molar-refractivity contribution in [2.24, 2.45) is 5.92 Å². The van der Waals surface area contributed by atoms with Gasteiger partial charge in [0.15, 0.2) is 0 Å². The largest absolute Gasteiger partial charge is 0.490 e. The maximum atomic E-state index is 11.6. The van der Waals surface area contributed by atoms with Crippen LogP contribution in [0.5, 0.6) is 0 Å². The van der Waals surface area contributed by atoms with Crippen LogP contribution in [0.25, 0.3) is 0 Å². The summed E-state index contributed by atoms with van der Waals surface area (Å²) in [5, 5.41) is 26.9. The standard InChI is InChI=1S/C16H26N4O3S.2C2HF3O2/c1-23-6-5-19-8-13(16(21)22)9-20-4-3-18(10-14(20)11-19)12-15-17-2-7-24-15;2*3-2(4,5)1(6)7/h2,7,13-14H,3-6,8-12H2,1H3,(H,21,22);2*(H,6,7). The Balaban J connectivity index is 0.000000426. The summed E-state index contributed by atoms with van der Waals surface area (Å²) < 4.78 is 68.7. The maximum absolute atomic E-state index is 11.6. The van der Waals surface area contributed by atoms with Crippen molar-refractivity contribution < 1.29 is 60.8 Å². The van der Waals surface area contributed by atoms with Crippen LogP contribution in [0.1, 0.15) is 5.01 Å². The van der Waals surface area contributed by atoms with Gasteiger partial charge in [-0.25, -0.2) is 14.6 Å². The molecule has 0 bridgehead atoms. The summed E-state index contributed by atoms with van der Waals surface area (Å²) in [4.78, 5) is 40.8. The second kappa shape index (κ2) is 15.2. The van der Waals surface area contributed by atoms with Crippen molar-refractivity contribution in [3.05, 3.63) is 16.6 Å². The molecular formula is C20H28F6N4O7S. The van der Waals surface area contributed by atoms with Gasteiger partial charge in [-0.05, 0) is 0 Å². The van der Waals surface area contributed by atoms with Crippen molar-refractivity contribution in [3.8, 4) is 0 Å². The van der Waals surface area contributed by atoms with Crippen LogP contribution in [-0.2, 0) is 25.7 Å². The van der Waals surface area contributed by atoms with Crippen LogP contribution in [0.3, 0.4) is 0 Å². The molecule has 1 aromatic rings. The molecule has 11 nitrogen and oxygen atoms in total. The number of rotatable bonds is 6. The summed E-state index contributed by atoms with van der Waals surface area (Å²) in [6, 6.07) is 0.375. The molecule has 0 spiro atoms. The van der Waals surface area contributed by atoms with E-state index in [9.17, 15) is 36.2 Å². The number of fused-ring (bicyclic) bond motifs is 1. The van der Waals surface area contributed by atoms with E-state index in [-0.39, 0.29) is 5.92 Å². The zero-order valence-corrected chi connectivity index (χ0v) is 20.9. The molecule has 18 heteroatoms. The first-order chi connectivity index (χ1) is 17.5. The number of thiazole rings is 1. The minimum absolute atomic E-state index is 0.322. The Morgan fingerprint density at radius 3 is 1.97 bits per heavy atom. The first-order valence-electron chi connectivity index (χ1n) is 10.9. The fourth-order valence-electron chi connectivity index (χ4n) is 3.62. The summed E-state index contributed by atoms with van der Waals surface area (Å²) in [6.45, 7) is 7.35. The number of methoxy groups -OCH3 is 1. The predicted molar refractivity (Wildman–Crippen MR) is 120 cm³/mol. The molecular weight excluding hydrogens is 554 g/mol. The van der Waals surface area contributed by atoms with Crippen LogP contribution in [-0.4, -0.2) is 131 Å². The van der Waals surface area contributed by atoms with E-state index in [2.05, 4.69) is 19.7 Å². The number of piperazine rings is 1. The van der Waals surface area contributed by atoms with Gasteiger partial charge in [-0.2, -0.15) is 26.3 Å². The van der Waals surface area contributed by atoms with Crippen molar-refractivity contribution in [1.82, 2.24) is 19.7 Å². The number of carboxylic acid groups (broad SMARTS) is 3. The molecule has 0 aliphatic carbocycles. The minimum atomic E-state index is -5.08. The van der Waals surface area contributed by atoms with Crippen LogP contribution in [0, 0.1) is 5.92 Å². The second-order valence-electron chi connectivity index (χ2n) is 8.20. The normalized spacial score (nSPS) is 21.1. The number of halogens is 6. The number of carbonyl (C=O) groups is 3. The van der Waals surface area contributed by atoms with Crippen LogP contribution in [0.15, 0.2) is 11.6 Å². The average Bonchev–Trinajstić information content (AvgIpc) is 3.23. The maximum Gasteiger partial charge on any atom is 0.490 e. The van der Waals surface area contributed by atoms with E-state index in [0.717, 1.165) is 44.3 Å². The molecule has 0 saturated carbocycles. The SMILES string of the molecule is COCCN1CC(C(=O)O)CN2CCN(Cc3nccs3)CC2C1.O=C(O)C(F)(F)F.O=C(O)C(F)(F)F. The Labute approximate surface area is 217 Å². The number of aliphatic carboxylic acids is 3. The first-order valence-corrected chi connectivity index (χ1v) is 11.8. The molecule has 2 aliphatic rings. The van der Waals surface area contributed by atoms with Gasteiger partial charge < -0.3 is 20.1 Å². The van der Waals surface area contributed by atoms with Gasteiger partial charge in [-0.15, -0.1) is 11.3 Å². The first kappa shape index (κ1) is 33.5. The van der Waals surface area contributed by atoms with E-state index >= 15 is 0 Å². The molecule has 2 saturated heterocycles. The highest BCUT2D eigenvalue weighted by Gasteiger charge is 2.39. The molecule has 38 heavy (non-hydrogen) atoms. The number of ether oxygens (including phenoxy) is 1. The topological polar surface area (TPSA) is 144 Å². The highest BCUT2D eigenvalue weighted by molar-refractivity contribution is 7.09. The number of nitrogens with zero attached hydrogens (tertiary/aromatic N) is 4. The fourth-order valence-corrected chi connectivity index (χ4v) is 4.28. The smallest absolute Gasteiger partial charge is 0.481 e. The quantitative estimate of drug-likeness (QED) is 0.421. The van der Waals surface area contributed by atoms with Crippen LogP contribution < -0.4 is 0 Å². The highest BCUT2D eigenvalue weighted by Crippen LogP contribution is 2.21. The van der Waals surface area contributed by atoms with Gasteiger partial charge in [0.2, 0.25) is 0 Å². The lowest BCUT2D eigenvalue weighted by Gasteiger charge is -2.41. The zero-order chi connectivity index (χ0) is 29.1. The van der Waals surface area contributed by atoms with Gasteiger partial charge in [-0.1, -0.05) is 0 Å². The van der Waals surface area contributed by atoms with E-state index < -0.39 is 30.3 Å². The average molecular weight is 583 g/mol. The van der Waals surface area contributed by atoms with Gasteiger partial charge in [-0.3, -0.25) is 19.5 Å². The molecule has 3 N–H and O–H groups in total. The van der Waals surface area contributed by atoms with Gasteiger partial charge in [0, 0.05) is 70.5 Å². The summed E-state index contributed by atoms with van der Waals surface area (Å²) in [7, 11) is 1.69. The second-order valence-corrected chi connectivity index (χ2v) is 9.18. The Hall–Kier alpha value is -2.54. The lowest BCUT2D eigenvalue weighted by Crippen LogP contribution is -2.55. The Kier molecular flexibility index (Phi) is 13.4. The van der Waals surface area contributed by atoms with Crippen molar-refractivity contribution in [2.45, 2.75) is 24.9 Å². The molecule has 2 fully saturated rings. The van der Waals surface area contributed by atoms with Crippen molar-refractivity contribution in [3.63, 3.8) is 0 Å². The number of hydrogen-bond donors (Lipinski definition) is 3. The molecule has 2 unspecified atom stereocenters. The Morgan fingerprint density at radius 2 is 1.53 bits per heavy atom. The number of alkyl halides is 6. The van der Waals surface area contributed by atoms with Gasteiger partial charge in [0.1, 0.15) is 5.01 Å². The van der Waals surface area contributed by atoms with Crippen molar-refractivity contribution >= 4 is 29.2 Å². The molecule has 0 radical (unpaired) electrons. The van der Waals surface area contributed by atoms with E-state index in [1.807, 2.05) is 11.6 Å². The lowest BCUT2D eigenvalue weighted by atomic mass is 10.1. The van der Waals surface area contributed by atoms with Crippen LogP contribution in [0.2, 0.25) is 0 Å². The van der Waals surface area contributed by atoms with Crippen molar-refractivity contribution in [2.75, 3.05) is 59.5 Å². The molecule has 3 heterocycles. The van der Waals surface area contributed by atoms with Crippen LogP contribution >= 0.6 is 11.3 Å². The molecule has 0 aromatic carbocycles.